The average molecular weight is 585 g/mol. The van der Waals surface area contributed by atoms with E-state index < -0.39 is 23.8 Å². The van der Waals surface area contributed by atoms with E-state index in [4.69, 9.17) is 21.1 Å². The Labute approximate surface area is 225 Å². The first-order chi connectivity index (χ1) is 17.7. The summed E-state index contributed by atoms with van der Waals surface area (Å²) in [5.74, 6) is -1.22. The molecule has 1 heterocycles. The molecule has 0 atom stereocenters. The lowest BCUT2D eigenvalue weighted by atomic mass is 10.1. The maximum absolute atomic E-state index is 13.2. The van der Waals surface area contributed by atoms with E-state index >= 15 is 0 Å². The molecule has 0 saturated carbocycles. The van der Waals surface area contributed by atoms with Crippen molar-refractivity contribution in [1.82, 2.24) is 5.32 Å². The van der Waals surface area contributed by atoms with Crippen LogP contribution in [-0.4, -0.2) is 37.5 Å². The van der Waals surface area contributed by atoms with Gasteiger partial charge in [0, 0.05) is 20.7 Å². The second-order valence-electron chi connectivity index (χ2n) is 7.69. The molecule has 0 spiro atoms. The summed E-state index contributed by atoms with van der Waals surface area (Å²) >= 11 is 9.36. The highest BCUT2D eigenvalue weighted by atomic mass is 79.9. The zero-order valence-corrected chi connectivity index (χ0v) is 21.6. The summed E-state index contributed by atoms with van der Waals surface area (Å²) in [4.78, 5) is 51.4. The predicted octanol–water partition coefficient (Wildman–Crippen LogP) is 4.80. The third kappa shape index (κ3) is 6.16. The monoisotopic (exact) mass is 583 g/mol. The fourth-order valence-electron chi connectivity index (χ4n) is 3.44. The third-order valence-electron chi connectivity index (χ3n) is 5.17. The molecule has 37 heavy (non-hydrogen) atoms. The number of methoxy groups -OCH3 is 1. The van der Waals surface area contributed by atoms with E-state index in [2.05, 4.69) is 26.6 Å². The first-order valence-corrected chi connectivity index (χ1v) is 12.0. The van der Waals surface area contributed by atoms with Gasteiger partial charge in [-0.05, 0) is 66.7 Å². The molecule has 1 aliphatic rings. The molecule has 4 rings (SSSR count). The number of hydrogen-bond acceptors (Lipinski definition) is 6. The van der Waals surface area contributed by atoms with E-state index in [1.165, 1.54) is 18.2 Å². The molecule has 0 aromatic heterocycles. The van der Waals surface area contributed by atoms with Crippen molar-refractivity contribution in [1.29, 1.82) is 0 Å². The van der Waals surface area contributed by atoms with Crippen LogP contribution in [0.5, 0.6) is 11.5 Å². The van der Waals surface area contributed by atoms with E-state index in [9.17, 15) is 19.2 Å². The Morgan fingerprint density at radius 1 is 1.08 bits per heavy atom. The molecule has 1 fully saturated rings. The molecule has 2 N–H and O–H groups in total. The zero-order valence-electron chi connectivity index (χ0n) is 19.3. The molecule has 9 nitrogen and oxygen atoms in total. The van der Waals surface area contributed by atoms with E-state index in [1.807, 2.05) is 0 Å². The van der Waals surface area contributed by atoms with Crippen molar-refractivity contribution in [2.75, 3.05) is 23.9 Å². The molecule has 0 aliphatic carbocycles. The SMILES string of the molecule is COc1ccc(NC(=O)COc2ccc(Br)cc2/C=C2\C(=O)NC(=O)N(c3cccc(Cl)c3)C2=O)cc1. The largest absolute Gasteiger partial charge is 0.497 e. The van der Waals surface area contributed by atoms with Crippen molar-refractivity contribution in [2.24, 2.45) is 0 Å². The summed E-state index contributed by atoms with van der Waals surface area (Å²) in [6, 6.07) is 16.9. The maximum atomic E-state index is 13.2. The number of imide groups is 2. The minimum atomic E-state index is -0.893. The Balaban J connectivity index is 1.56. The number of carbonyl (C=O) groups is 4. The van der Waals surface area contributed by atoms with E-state index in [1.54, 1.807) is 61.7 Å². The average Bonchev–Trinajstić information content (AvgIpc) is 2.86. The maximum Gasteiger partial charge on any atom is 0.335 e. The number of amides is 5. The van der Waals surface area contributed by atoms with Crippen LogP contribution < -0.4 is 25.0 Å². The number of halogens is 2. The van der Waals surface area contributed by atoms with Gasteiger partial charge in [-0.15, -0.1) is 0 Å². The van der Waals surface area contributed by atoms with Crippen molar-refractivity contribution in [3.8, 4) is 11.5 Å². The van der Waals surface area contributed by atoms with Gasteiger partial charge in [-0.2, -0.15) is 0 Å². The highest BCUT2D eigenvalue weighted by molar-refractivity contribution is 9.10. The Morgan fingerprint density at radius 3 is 2.54 bits per heavy atom. The number of anilines is 2. The first kappa shape index (κ1) is 25.9. The minimum Gasteiger partial charge on any atom is -0.497 e. The molecule has 0 unspecified atom stereocenters. The van der Waals surface area contributed by atoms with Crippen molar-refractivity contribution in [2.45, 2.75) is 0 Å². The fraction of sp³-hybridized carbons (Fsp3) is 0.0769. The standard InChI is InChI=1S/C26H19BrClN3O6/c1-36-20-8-6-18(7-9-20)29-23(32)14-37-22-10-5-16(27)11-15(22)12-21-24(33)30-26(35)31(25(21)34)19-4-2-3-17(28)13-19/h2-13H,14H2,1H3,(H,29,32)(H,30,33,35)/b21-12+. The van der Waals surface area contributed by atoms with Gasteiger partial charge < -0.3 is 14.8 Å². The quantitative estimate of drug-likeness (QED) is 0.305. The molecule has 5 amide bonds. The summed E-state index contributed by atoms with van der Waals surface area (Å²) < 4.78 is 11.4. The second-order valence-corrected chi connectivity index (χ2v) is 9.04. The highest BCUT2D eigenvalue weighted by Gasteiger charge is 2.37. The predicted molar refractivity (Wildman–Crippen MR) is 142 cm³/mol. The third-order valence-corrected chi connectivity index (χ3v) is 5.90. The number of rotatable bonds is 7. The lowest BCUT2D eigenvalue weighted by Crippen LogP contribution is -2.54. The van der Waals surface area contributed by atoms with E-state index in [-0.39, 0.29) is 23.6 Å². The van der Waals surface area contributed by atoms with Gasteiger partial charge in [0.15, 0.2) is 6.61 Å². The van der Waals surface area contributed by atoms with Gasteiger partial charge in [-0.1, -0.05) is 33.6 Å². The van der Waals surface area contributed by atoms with Crippen LogP contribution in [0.2, 0.25) is 5.02 Å². The fourth-order valence-corrected chi connectivity index (χ4v) is 4.00. The number of nitrogens with zero attached hydrogens (tertiary/aromatic N) is 1. The minimum absolute atomic E-state index is 0.203. The van der Waals surface area contributed by atoms with Crippen LogP contribution in [0.25, 0.3) is 6.08 Å². The molecule has 3 aromatic carbocycles. The summed E-state index contributed by atoms with van der Waals surface area (Å²) in [5.41, 5.74) is 0.799. The highest BCUT2D eigenvalue weighted by Crippen LogP contribution is 2.29. The lowest BCUT2D eigenvalue weighted by molar-refractivity contribution is -0.122. The van der Waals surface area contributed by atoms with Crippen LogP contribution in [0.3, 0.4) is 0 Å². The van der Waals surface area contributed by atoms with Gasteiger partial charge in [0.25, 0.3) is 17.7 Å². The van der Waals surface area contributed by atoms with Crippen LogP contribution in [0.1, 0.15) is 5.56 Å². The Morgan fingerprint density at radius 2 is 1.84 bits per heavy atom. The van der Waals surface area contributed by atoms with Gasteiger partial charge in [0.1, 0.15) is 17.1 Å². The molecule has 188 valence electrons. The molecule has 1 saturated heterocycles. The topological polar surface area (TPSA) is 114 Å². The number of benzene rings is 3. The molecule has 0 bridgehead atoms. The van der Waals surface area contributed by atoms with Gasteiger partial charge >= 0.3 is 6.03 Å². The number of carbonyl (C=O) groups excluding carboxylic acids is 4. The Hall–Kier alpha value is -4.15. The Bertz CT molecular complexity index is 1420. The van der Waals surface area contributed by atoms with Gasteiger partial charge in [0.2, 0.25) is 0 Å². The van der Waals surface area contributed by atoms with Gasteiger partial charge in [0.05, 0.1) is 12.8 Å². The van der Waals surface area contributed by atoms with Crippen LogP contribution >= 0.6 is 27.5 Å². The van der Waals surface area contributed by atoms with Crippen molar-refractivity contribution in [3.63, 3.8) is 0 Å². The summed E-state index contributed by atoms with van der Waals surface area (Å²) in [6.07, 6.45) is 1.29. The smallest absolute Gasteiger partial charge is 0.335 e. The van der Waals surface area contributed by atoms with Crippen molar-refractivity contribution >= 4 is 68.7 Å². The second kappa shape index (κ2) is 11.3. The summed E-state index contributed by atoms with van der Waals surface area (Å²) in [5, 5.41) is 5.18. The number of nitrogens with one attached hydrogen (secondary N) is 2. The number of urea groups is 1. The molecule has 11 heteroatoms. The molecule has 1 aliphatic heterocycles. The normalized spacial score (nSPS) is 14.4. The van der Waals surface area contributed by atoms with Crippen molar-refractivity contribution < 1.29 is 28.7 Å². The molecular formula is C26H19BrClN3O6. The summed E-state index contributed by atoms with van der Waals surface area (Å²) in [7, 11) is 1.55. The van der Waals surface area contributed by atoms with Crippen LogP contribution in [0.15, 0.2) is 76.8 Å². The van der Waals surface area contributed by atoms with Crippen LogP contribution in [-0.2, 0) is 14.4 Å². The van der Waals surface area contributed by atoms with Crippen LogP contribution in [0, 0.1) is 0 Å². The summed E-state index contributed by atoms with van der Waals surface area (Å²) in [6.45, 7) is -0.336. The van der Waals surface area contributed by atoms with Gasteiger partial charge in [-0.25, -0.2) is 9.69 Å². The Kier molecular flexibility index (Phi) is 7.90. The molecule has 3 aromatic rings. The zero-order chi connectivity index (χ0) is 26.5. The number of hydrogen-bond donors (Lipinski definition) is 2. The number of barbiturate groups is 1. The van der Waals surface area contributed by atoms with Crippen molar-refractivity contribution in [3.05, 3.63) is 87.4 Å². The molecular weight excluding hydrogens is 566 g/mol. The van der Waals surface area contributed by atoms with Gasteiger partial charge in [-0.3, -0.25) is 19.7 Å². The van der Waals surface area contributed by atoms with E-state index in [0.29, 0.717) is 26.5 Å². The first-order valence-electron chi connectivity index (χ1n) is 10.8. The number of ether oxygens (including phenoxy) is 2. The lowest BCUT2D eigenvalue weighted by Gasteiger charge is -2.26. The molecule has 0 radical (unpaired) electrons. The van der Waals surface area contributed by atoms with E-state index in [0.717, 1.165) is 4.90 Å². The van der Waals surface area contributed by atoms with Crippen LogP contribution in [0.4, 0.5) is 16.2 Å².